The van der Waals surface area contributed by atoms with Gasteiger partial charge in [-0.2, -0.15) is 4.31 Å². The molecule has 1 atom stereocenters. The summed E-state index contributed by atoms with van der Waals surface area (Å²) in [4.78, 5) is 12.6. The number of amides is 1. The standard InChI is InChI=1S/C21H27ClN2O3S/c1-4-7-17(3)23-21(25)15-24(14-18-8-5-6-9-20(18)22)28(26,27)19-12-10-16(2)11-13-19/h5-6,8-13,17H,4,7,14-15H2,1-3H3,(H,23,25)/t17-/m0/s1. The lowest BCUT2D eigenvalue weighted by Crippen LogP contribution is -2.43. The first-order valence-corrected chi connectivity index (χ1v) is 11.2. The van der Waals surface area contributed by atoms with Crippen LogP contribution < -0.4 is 5.32 Å². The molecule has 1 N–H and O–H groups in total. The highest BCUT2D eigenvalue weighted by atomic mass is 35.5. The van der Waals surface area contributed by atoms with Crippen LogP contribution in [0.5, 0.6) is 0 Å². The van der Waals surface area contributed by atoms with E-state index in [4.69, 9.17) is 11.6 Å². The van der Waals surface area contributed by atoms with E-state index < -0.39 is 10.0 Å². The molecule has 0 aromatic heterocycles. The van der Waals surface area contributed by atoms with Gasteiger partial charge in [-0.3, -0.25) is 4.79 Å². The minimum atomic E-state index is -3.86. The fraction of sp³-hybridized carbons (Fsp3) is 0.381. The van der Waals surface area contributed by atoms with Crippen molar-refractivity contribution in [3.05, 3.63) is 64.7 Å². The third-order valence-electron chi connectivity index (χ3n) is 4.41. The van der Waals surface area contributed by atoms with Crippen LogP contribution in [0.25, 0.3) is 0 Å². The van der Waals surface area contributed by atoms with E-state index in [1.54, 1.807) is 48.5 Å². The SMILES string of the molecule is CCC[C@H](C)NC(=O)CN(Cc1ccccc1Cl)S(=O)(=O)c1ccc(C)cc1. The van der Waals surface area contributed by atoms with Crippen LogP contribution in [0, 0.1) is 6.92 Å². The molecule has 7 heteroatoms. The first kappa shape index (κ1) is 22.4. The smallest absolute Gasteiger partial charge is 0.243 e. The molecule has 0 aliphatic carbocycles. The molecule has 28 heavy (non-hydrogen) atoms. The summed E-state index contributed by atoms with van der Waals surface area (Å²) in [6, 6.07) is 13.6. The highest BCUT2D eigenvalue weighted by Gasteiger charge is 2.27. The Balaban J connectivity index is 2.31. The quantitative estimate of drug-likeness (QED) is 0.660. The monoisotopic (exact) mass is 422 g/mol. The van der Waals surface area contributed by atoms with E-state index in [1.165, 1.54) is 4.31 Å². The zero-order valence-electron chi connectivity index (χ0n) is 16.5. The lowest BCUT2D eigenvalue weighted by molar-refractivity contribution is -0.122. The Morgan fingerprint density at radius 1 is 1.14 bits per heavy atom. The van der Waals surface area contributed by atoms with E-state index in [9.17, 15) is 13.2 Å². The zero-order chi connectivity index (χ0) is 20.7. The number of halogens is 1. The number of sulfonamides is 1. The van der Waals surface area contributed by atoms with Gasteiger partial charge in [0, 0.05) is 17.6 Å². The van der Waals surface area contributed by atoms with Gasteiger partial charge in [-0.1, -0.05) is 60.8 Å². The summed E-state index contributed by atoms with van der Waals surface area (Å²) in [6.45, 7) is 5.59. The van der Waals surface area contributed by atoms with E-state index in [0.29, 0.717) is 10.6 Å². The maximum absolute atomic E-state index is 13.2. The molecule has 1 amide bonds. The number of carbonyl (C=O) groups is 1. The number of carbonyl (C=O) groups excluding carboxylic acids is 1. The Morgan fingerprint density at radius 2 is 1.79 bits per heavy atom. The molecular weight excluding hydrogens is 396 g/mol. The van der Waals surface area contributed by atoms with Crippen LogP contribution in [-0.2, 0) is 21.4 Å². The zero-order valence-corrected chi connectivity index (χ0v) is 18.1. The molecule has 0 radical (unpaired) electrons. The molecule has 0 aliphatic rings. The van der Waals surface area contributed by atoms with Crippen LogP contribution in [0.1, 0.15) is 37.8 Å². The van der Waals surface area contributed by atoms with Gasteiger partial charge in [-0.05, 0) is 44.0 Å². The highest BCUT2D eigenvalue weighted by molar-refractivity contribution is 7.89. The van der Waals surface area contributed by atoms with Crippen LogP contribution in [0.15, 0.2) is 53.4 Å². The molecule has 5 nitrogen and oxygen atoms in total. The predicted molar refractivity (Wildman–Crippen MR) is 113 cm³/mol. The number of nitrogens with one attached hydrogen (secondary N) is 1. The van der Waals surface area contributed by atoms with Crippen molar-refractivity contribution in [2.75, 3.05) is 6.54 Å². The van der Waals surface area contributed by atoms with Gasteiger partial charge in [0.25, 0.3) is 0 Å². The minimum absolute atomic E-state index is 0.0123. The number of hydrogen-bond donors (Lipinski definition) is 1. The third-order valence-corrected chi connectivity index (χ3v) is 6.59. The summed E-state index contributed by atoms with van der Waals surface area (Å²) in [5, 5.41) is 3.33. The van der Waals surface area contributed by atoms with Crippen molar-refractivity contribution in [1.82, 2.24) is 9.62 Å². The van der Waals surface area contributed by atoms with Gasteiger partial charge in [0.15, 0.2) is 0 Å². The normalized spacial score (nSPS) is 12.8. The van der Waals surface area contributed by atoms with Crippen molar-refractivity contribution in [3.8, 4) is 0 Å². The van der Waals surface area contributed by atoms with E-state index in [-0.39, 0.29) is 29.9 Å². The molecular formula is C21H27ClN2O3S. The Hall–Kier alpha value is -1.89. The second kappa shape index (κ2) is 10.0. The second-order valence-electron chi connectivity index (χ2n) is 6.93. The van der Waals surface area contributed by atoms with Crippen molar-refractivity contribution < 1.29 is 13.2 Å². The van der Waals surface area contributed by atoms with Crippen molar-refractivity contribution in [2.24, 2.45) is 0 Å². The molecule has 0 unspecified atom stereocenters. The fourth-order valence-corrected chi connectivity index (χ4v) is 4.46. The van der Waals surface area contributed by atoms with Gasteiger partial charge in [0.2, 0.25) is 15.9 Å². The average molecular weight is 423 g/mol. The topological polar surface area (TPSA) is 66.5 Å². The van der Waals surface area contributed by atoms with Crippen molar-refractivity contribution >= 4 is 27.5 Å². The van der Waals surface area contributed by atoms with Crippen LogP contribution in [0.3, 0.4) is 0 Å². The first-order valence-electron chi connectivity index (χ1n) is 9.33. The van der Waals surface area contributed by atoms with Gasteiger partial charge in [0.1, 0.15) is 0 Å². The fourth-order valence-electron chi connectivity index (χ4n) is 2.89. The summed E-state index contributed by atoms with van der Waals surface area (Å²) in [5.74, 6) is -0.330. The van der Waals surface area contributed by atoms with Gasteiger partial charge in [-0.25, -0.2) is 8.42 Å². The summed E-state index contributed by atoms with van der Waals surface area (Å²) in [5.41, 5.74) is 1.61. The highest BCUT2D eigenvalue weighted by Crippen LogP contribution is 2.22. The van der Waals surface area contributed by atoms with Crippen molar-refractivity contribution in [2.45, 2.75) is 51.1 Å². The van der Waals surface area contributed by atoms with Crippen LogP contribution in [0.4, 0.5) is 0 Å². The van der Waals surface area contributed by atoms with Gasteiger partial charge >= 0.3 is 0 Å². The molecule has 0 aliphatic heterocycles. The van der Waals surface area contributed by atoms with E-state index >= 15 is 0 Å². The molecule has 0 saturated carbocycles. The Bertz CT molecular complexity index is 898. The maximum Gasteiger partial charge on any atom is 0.243 e. The summed E-state index contributed by atoms with van der Waals surface area (Å²) >= 11 is 6.23. The summed E-state index contributed by atoms with van der Waals surface area (Å²) < 4.78 is 27.6. The maximum atomic E-state index is 13.2. The molecule has 0 bridgehead atoms. The Morgan fingerprint density at radius 3 is 2.39 bits per heavy atom. The number of nitrogens with zero attached hydrogens (tertiary/aromatic N) is 1. The molecule has 2 rings (SSSR count). The van der Waals surface area contributed by atoms with Crippen LogP contribution >= 0.6 is 11.6 Å². The largest absolute Gasteiger partial charge is 0.353 e. The Labute approximate surface area is 172 Å². The van der Waals surface area contributed by atoms with E-state index in [2.05, 4.69) is 5.32 Å². The minimum Gasteiger partial charge on any atom is -0.353 e. The molecule has 0 spiro atoms. The van der Waals surface area contributed by atoms with Gasteiger partial charge in [-0.15, -0.1) is 0 Å². The number of aryl methyl sites for hydroxylation is 1. The molecule has 0 heterocycles. The number of benzene rings is 2. The summed E-state index contributed by atoms with van der Waals surface area (Å²) in [6.07, 6.45) is 1.77. The lowest BCUT2D eigenvalue weighted by atomic mass is 10.2. The van der Waals surface area contributed by atoms with Crippen molar-refractivity contribution in [3.63, 3.8) is 0 Å². The molecule has 2 aromatic rings. The van der Waals surface area contributed by atoms with Gasteiger partial charge in [0.05, 0.1) is 11.4 Å². The second-order valence-corrected chi connectivity index (χ2v) is 9.28. The predicted octanol–water partition coefficient (Wildman–Crippen LogP) is 4.14. The third kappa shape index (κ3) is 6.06. The lowest BCUT2D eigenvalue weighted by Gasteiger charge is -2.23. The van der Waals surface area contributed by atoms with Crippen LogP contribution in [-0.4, -0.2) is 31.2 Å². The number of rotatable bonds is 9. The van der Waals surface area contributed by atoms with Crippen molar-refractivity contribution in [1.29, 1.82) is 0 Å². The molecule has 0 saturated heterocycles. The average Bonchev–Trinajstić information content (AvgIpc) is 2.63. The molecule has 0 fully saturated rings. The number of hydrogen-bond acceptors (Lipinski definition) is 3. The van der Waals surface area contributed by atoms with Crippen LogP contribution in [0.2, 0.25) is 5.02 Å². The first-order chi connectivity index (χ1) is 13.2. The Kier molecular flexibility index (Phi) is 8.04. The molecule has 2 aromatic carbocycles. The molecule has 152 valence electrons. The van der Waals surface area contributed by atoms with Gasteiger partial charge < -0.3 is 5.32 Å². The summed E-state index contributed by atoms with van der Waals surface area (Å²) in [7, 11) is -3.86. The van der Waals surface area contributed by atoms with E-state index in [0.717, 1.165) is 18.4 Å². The van der Waals surface area contributed by atoms with E-state index in [1.807, 2.05) is 20.8 Å².